The smallest absolute Gasteiger partial charge is 0.223 e. The molecule has 1 aromatic heterocycles. The van der Waals surface area contributed by atoms with Crippen LogP contribution in [0.3, 0.4) is 0 Å². The van der Waals surface area contributed by atoms with E-state index in [-0.39, 0.29) is 5.95 Å². The first-order chi connectivity index (χ1) is 12.3. The van der Waals surface area contributed by atoms with Crippen molar-refractivity contribution >= 4 is 5.95 Å². The van der Waals surface area contributed by atoms with Gasteiger partial charge in [-0.1, -0.05) is 60.7 Å². The van der Waals surface area contributed by atoms with Crippen LogP contribution < -0.4 is 5.73 Å². The fraction of sp³-hybridized carbons (Fsp3) is 0. The predicted octanol–water partition coefficient (Wildman–Crippen LogP) is 4.45. The molecule has 0 radical (unpaired) electrons. The minimum absolute atomic E-state index is 0.219. The molecule has 0 unspecified atom stereocenters. The second-order valence-corrected chi connectivity index (χ2v) is 5.70. The molecule has 0 saturated carbocycles. The molecule has 4 nitrogen and oxygen atoms in total. The van der Waals surface area contributed by atoms with Crippen LogP contribution in [-0.2, 0) is 0 Å². The lowest BCUT2D eigenvalue weighted by molar-refractivity contribution is 1.07. The summed E-state index contributed by atoms with van der Waals surface area (Å²) in [5.74, 6) is 0.791. The van der Waals surface area contributed by atoms with Crippen LogP contribution >= 0.6 is 0 Å². The highest BCUT2D eigenvalue weighted by molar-refractivity contribution is 5.79. The Balaban J connectivity index is 1.92. The molecule has 4 rings (SSSR count). The highest BCUT2D eigenvalue weighted by atomic mass is 15.1. The van der Waals surface area contributed by atoms with Crippen LogP contribution in [0.5, 0.6) is 0 Å². The van der Waals surface area contributed by atoms with Crippen LogP contribution in [0.15, 0.2) is 85.2 Å². The van der Waals surface area contributed by atoms with E-state index in [0.717, 1.165) is 27.8 Å². The molecule has 0 aliphatic heterocycles. The third kappa shape index (κ3) is 3.23. The summed E-state index contributed by atoms with van der Waals surface area (Å²) in [6.07, 6.45) is 1.44. The quantitative estimate of drug-likeness (QED) is 0.604. The van der Waals surface area contributed by atoms with Gasteiger partial charge in [-0.15, -0.1) is 0 Å². The molecular weight excluding hydrogens is 308 g/mol. The molecule has 3 aromatic carbocycles. The van der Waals surface area contributed by atoms with Crippen molar-refractivity contribution in [3.05, 3.63) is 85.2 Å². The van der Waals surface area contributed by atoms with Crippen LogP contribution in [0.25, 0.3) is 33.6 Å². The van der Waals surface area contributed by atoms with Gasteiger partial charge in [-0.2, -0.15) is 4.98 Å². The number of hydrogen-bond acceptors (Lipinski definition) is 4. The van der Waals surface area contributed by atoms with Crippen molar-refractivity contribution in [2.45, 2.75) is 0 Å². The van der Waals surface area contributed by atoms with E-state index in [9.17, 15) is 0 Å². The number of aromatic nitrogens is 3. The van der Waals surface area contributed by atoms with E-state index in [1.54, 1.807) is 0 Å². The summed E-state index contributed by atoms with van der Waals surface area (Å²) in [5.41, 5.74) is 11.1. The number of rotatable bonds is 3. The Morgan fingerprint density at radius 3 is 1.60 bits per heavy atom. The Labute approximate surface area is 146 Å². The highest BCUT2D eigenvalue weighted by Gasteiger charge is 2.09. The summed E-state index contributed by atoms with van der Waals surface area (Å²) >= 11 is 0. The molecule has 0 fully saturated rings. The average Bonchev–Trinajstić information content (AvgIpc) is 2.69. The van der Waals surface area contributed by atoms with Gasteiger partial charge in [-0.05, 0) is 40.5 Å². The minimum Gasteiger partial charge on any atom is -0.368 e. The molecule has 0 atom stereocenters. The van der Waals surface area contributed by atoms with Crippen molar-refractivity contribution in [2.24, 2.45) is 0 Å². The number of nitrogens with zero attached hydrogens (tertiary/aromatic N) is 3. The van der Waals surface area contributed by atoms with Gasteiger partial charge in [0.1, 0.15) is 6.33 Å². The zero-order valence-corrected chi connectivity index (χ0v) is 13.5. The van der Waals surface area contributed by atoms with Gasteiger partial charge in [0.2, 0.25) is 5.95 Å². The van der Waals surface area contributed by atoms with Gasteiger partial charge in [0.05, 0.1) is 0 Å². The standard InChI is InChI=1S/C21H16N4/c22-21-24-14-23-20(25-21)19-12-17(15-7-3-1-4-8-15)11-18(13-19)16-9-5-2-6-10-16/h1-14H,(H2,22,23,24,25). The van der Waals surface area contributed by atoms with Crippen LogP contribution in [0.4, 0.5) is 5.95 Å². The zero-order valence-electron chi connectivity index (χ0n) is 13.5. The molecule has 4 aromatic rings. The number of nitrogens with two attached hydrogens (primary N) is 1. The first-order valence-electron chi connectivity index (χ1n) is 8.00. The van der Waals surface area contributed by atoms with Crippen molar-refractivity contribution in [2.75, 3.05) is 5.73 Å². The van der Waals surface area contributed by atoms with Gasteiger partial charge >= 0.3 is 0 Å². The van der Waals surface area contributed by atoms with Gasteiger partial charge in [0.25, 0.3) is 0 Å². The van der Waals surface area contributed by atoms with Gasteiger partial charge in [-0.25, -0.2) is 9.97 Å². The molecule has 0 saturated heterocycles. The van der Waals surface area contributed by atoms with Crippen LogP contribution in [0, 0.1) is 0 Å². The summed E-state index contributed by atoms with van der Waals surface area (Å²) in [5, 5.41) is 0. The normalized spacial score (nSPS) is 10.6. The fourth-order valence-corrected chi connectivity index (χ4v) is 2.80. The summed E-state index contributed by atoms with van der Waals surface area (Å²) in [4.78, 5) is 12.4. The van der Waals surface area contributed by atoms with Crippen molar-refractivity contribution in [3.63, 3.8) is 0 Å². The zero-order chi connectivity index (χ0) is 17.1. The molecule has 2 N–H and O–H groups in total. The maximum Gasteiger partial charge on any atom is 0.223 e. The van der Waals surface area contributed by atoms with E-state index in [1.165, 1.54) is 6.33 Å². The molecule has 4 heteroatoms. The molecule has 0 aliphatic rings. The Kier molecular flexibility index (Phi) is 3.92. The van der Waals surface area contributed by atoms with Crippen molar-refractivity contribution in [1.82, 2.24) is 15.0 Å². The van der Waals surface area contributed by atoms with Crippen LogP contribution in [0.2, 0.25) is 0 Å². The Hall–Kier alpha value is -3.53. The number of anilines is 1. The molecule has 0 aliphatic carbocycles. The third-order valence-corrected chi connectivity index (χ3v) is 4.00. The molecule has 0 spiro atoms. The first kappa shape index (κ1) is 15.0. The molecule has 0 bridgehead atoms. The fourth-order valence-electron chi connectivity index (χ4n) is 2.80. The van der Waals surface area contributed by atoms with Gasteiger partial charge < -0.3 is 5.73 Å². The van der Waals surface area contributed by atoms with E-state index in [2.05, 4.69) is 57.4 Å². The largest absolute Gasteiger partial charge is 0.368 e. The van der Waals surface area contributed by atoms with E-state index in [0.29, 0.717) is 5.82 Å². The van der Waals surface area contributed by atoms with Gasteiger partial charge in [-0.3, -0.25) is 0 Å². The second kappa shape index (κ2) is 6.53. The summed E-state index contributed by atoms with van der Waals surface area (Å²) in [6, 6.07) is 26.9. The Morgan fingerprint density at radius 1 is 0.560 bits per heavy atom. The minimum atomic E-state index is 0.219. The number of benzene rings is 3. The molecule has 0 amide bonds. The topological polar surface area (TPSA) is 64.7 Å². The maximum absolute atomic E-state index is 5.73. The van der Waals surface area contributed by atoms with Crippen molar-refractivity contribution in [1.29, 1.82) is 0 Å². The van der Waals surface area contributed by atoms with Gasteiger partial charge in [0.15, 0.2) is 5.82 Å². The van der Waals surface area contributed by atoms with Gasteiger partial charge in [0, 0.05) is 5.56 Å². The highest BCUT2D eigenvalue weighted by Crippen LogP contribution is 2.31. The summed E-state index contributed by atoms with van der Waals surface area (Å²) in [6.45, 7) is 0. The first-order valence-corrected chi connectivity index (χ1v) is 8.00. The summed E-state index contributed by atoms with van der Waals surface area (Å²) in [7, 11) is 0. The van der Waals surface area contributed by atoms with Crippen molar-refractivity contribution < 1.29 is 0 Å². The Morgan fingerprint density at radius 2 is 1.08 bits per heavy atom. The SMILES string of the molecule is Nc1ncnc(-c2cc(-c3ccccc3)cc(-c3ccccc3)c2)n1. The molecule has 25 heavy (non-hydrogen) atoms. The van der Waals surface area contributed by atoms with E-state index < -0.39 is 0 Å². The number of hydrogen-bond donors (Lipinski definition) is 1. The van der Waals surface area contributed by atoms with Crippen LogP contribution in [-0.4, -0.2) is 15.0 Å². The number of nitrogen functional groups attached to an aromatic ring is 1. The molecule has 120 valence electrons. The second-order valence-electron chi connectivity index (χ2n) is 5.70. The predicted molar refractivity (Wildman–Crippen MR) is 101 cm³/mol. The van der Waals surface area contributed by atoms with E-state index >= 15 is 0 Å². The summed E-state index contributed by atoms with van der Waals surface area (Å²) < 4.78 is 0. The average molecular weight is 324 g/mol. The maximum atomic E-state index is 5.73. The lowest BCUT2D eigenvalue weighted by Crippen LogP contribution is -1.98. The lowest BCUT2D eigenvalue weighted by atomic mass is 9.96. The lowest BCUT2D eigenvalue weighted by Gasteiger charge is -2.10. The Bertz CT molecular complexity index is 941. The monoisotopic (exact) mass is 324 g/mol. The van der Waals surface area contributed by atoms with E-state index in [1.807, 2.05) is 36.4 Å². The van der Waals surface area contributed by atoms with E-state index in [4.69, 9.17) is 5.73 Å². The molecular formula is C21H16N4. The molecule has 1 heterocycles. The van der Waals surface area contributed by atoms with Crippen LogP contribution in [0.1, 0.15) is 0 Å². The van der Waals surface area contributed by atoms with Crippen molar-refractivity contribution in [3.8, 4) is 33.6 Å². The third-order valence-electron chi connectivity index (χ3n) is 4.00.